The first-order valence-electron chi connectivity index (χ1n) is 10.7. The molecule has 0 aromatic heterocycles. The van der Waals surface area contributed by atoms with Crippen LogP contribution in [0.1, 0.15) is 78.0 Å². The van der Waals surface area contributed by atoms with Crippen LogP contribution in [0.3, 0.4) is 0 Å². The molecule has 3 amide bonds. The van der Waals surface area contributed by atoms with Gasteiger partial charge < -0.3 is 9.64 Å². The van der Waals surface area contributed by atoms with Gasteiger partial charge >= 0.3 is 5.97 Å². The van der Waals surface area contributed by atoms with Gasteiger partial charge in [-0.2, -0.15) is 0 Å². The van der Waals surface area contributed by atoms with Crippen LogP contribution < -0.4 is 0 Å². The lowest BCUT2D eigenvalue weighted by atomic mass is 9.99. The molecule has 0 N–H and O–H groups in total. The maximum Gasteiger partial charge on any atom is 0.338 e. The molecule has 1 saturated heterocycles. The van der Waals surface area contributed by atoms with Gasteiger partial charge in [-0.05, 0) is 56.2 Å². The van der Waals surface area contributed by atoms with Crippen molar-refractivity contribution in [2.24, 2.45) is 11.8 Å². The summed E-state index contributed by atoms with van der Waals surface area (Å²) < 4.78 is 5.37. The normalized spacial score (nSPS) is 18.0. The van der Waals surface area contributed by atoms with E-state index >= 15 is 0 Å². The lowest BCUT2D eigenvalue weighted by Gasteiger charge is -2.31. The largest absolute Gasteiger partial charge is 0.449 e. The number of ether oxygens (including phenoxy) is 1. The number of amides is 3. The molecule has 0 unspecified atom stereocenters. The minimum Gasteiger partial charge on any atom is -0.449 e. The number of fused-ring (bicyclic) bond motifs is 1. The molecule has 7 heteroatoms. The second-order valence-electron chi connectivity index (χ2n) is 8.76. The molecule has 0 spiro atoms. The topological polar surface area (TPSA) is 84.0 Å². The number of imide groups is 1. The summed E-state index contributed by atoms with van der Waals surface area (Å²) >= 11 is 0. The van der Waals surface area contributed by atoms with E-state index < -0.39 is 18.0 Å². The Hall–Kier alpha value is -2.70. The highest BCUT2D eigenvalue weighted by Gasteiger charge is 2.36. The number of nitrogens with zero attached hydrogens (tertiary/aromatic N) is 2. The molecule has 30 heavy (non-hydrogen) atoms. The SMILES string of the molecule is CC(C)CCN1C(=O)c2ccc(C(=O)O[C@@H](C)C(=O)N3CCC(C)CC3)cc2C1=O. The Kier molecular flexibility index (Phi) is 6.58. The van der Waals surface area contributed by atoms with Crippen molar-refractivity contribution in [3.05, 3.63) is 34.9 Å². The van der Waals surface area contributed by atoms with E-state index in [2.05, 4.69) is 6.92 Å². The maximum absolute atomic E-state index is 12.7. The summed E-state index contributed by atoms with van der Waals surface area (Å²) in [6, 6.07) is 4.35. The van der Waals surface area contributed by atoms with Gasteiger partial charge in [-0.3, -0.25) is 19.3 Å². The number of rotatable bonds is 6. The fraction of sp³-hybridized carbons (Fsp3) is 0.565. The highest BCUT2D eigenvalue weighted by Crippen LogP contribution is 2.25. The van der Waals surface area contributed by atoms with Crippen molar-refractivity contribution in [2.75, 3.05) is 19.6 Å². The van der Waals surface area contributed by atoms with Crippen LogP contribution in [0.15, 0.2) is 18.2 Å². The number of hydrogen-bond donors (Lipinski definition) is 0. The molecule has 0 radical (unpaired) electrons. The zero-order valence-electron chi connectivity index (χ0n) is 18.1. The first kappa shape index (κ1) is 22.0. The molecule has 2 aliphatic heterocycles. The number of piperidine rings is 1. The van der Waals surface area contributed by atoms with E-state index in [1.54, 1.807) is 11.8 Å². The molecule has 7 nitrogen and oxygen atoms in total. The minimum atomic E-state index is -0.904. The third-order valence-corrected chi connectivity index (χ3v) is 5.86. The van der Waals surface area contributed by atoms with Crippen LogP contribution in [0, 0.1) is 11.8 Å². The standard InChI is InChI=1S/C23H30N2O5/c1-14(2)7-12-25-21(27)18-6-5-17(13-19(18)22(25)28)23(29)30-16(4)20(26)24-10-8-15(3)9-11-24/h5-6,13-16H,7-12H2,1-4H3/t16-/m0/s1. The number of likely N-dealkylation sites (tertiary alicyclic amines) is 1. The molecule has 0 saturated carbocycles. The van der Waals surface area contributed by atoms with Crippen LogP contribution in [-0.2, 0) is 9.53 Å². The number of carbonyl (C=O) groups is 4. The number of hydrogen-bond acceptors (Lipinski definition) is 5. The smallest absolute Gasteiger partial charge is 0.338 e. The van der Waals surface area contributed by atoms with Gasteiger partial charge in [0.1, 0.15) is 0 Å². The highest BCUT2D eigenvalue weighted by atomic mass is 16.5. The first-order valence-corrected chi connectivity index (χ1v) is 10.7. The van der Waals surface area contributed by atoms with Crippen molar-refractivity contribution < 1.29 is 23.9 Å². The van der Waals surface area contributed by atoms with E-state index in [4.69, 9.17) is 4.74 Å². The quantitative estimate of drug-likeness (QED) is 0.527. The molecule has 0 bridgehead atoms. The van der Waals surface area contributed by atoms with Gasteiger partial charge in [-0.1, -0.05) is 20.8 Å². The zero-order chi connectivity index (χ0) is 22.0. The van der Waals surface area contributed by atoms with Crippen molar-refractivity contribution in [1.82, 2.24) is 9.80 Å². The monoisotopic (exact) mass is 414 g/mol. The third-order valence-electron chi connectivity index (χ3n) is 5.86. The average molecular weight is 415 g/mol. The average Bonchev–Trinajstić information content (AvgIpc) is 2.95. The fourth-order valence-corrected chi connectivity index (χ4v) is 3.77. The Morgan fingerprint density at radius 2 is 1.70 bits per heavy atom. The van der Waals surface area contributed by atoms with E-state index in [0.29, 0.717) is 37.0 Å². The summed E-state index contributed by atoms with van der Waals surface area (Å²) in [6.45, 7) is 9.47. The molecule has 162 valence electrons. The van der Waals surface area contributed by atoms with Gasteiger partial charge in [-0.15, -0.1) is 0 Å². The minimum absolute atomic E-state index is 0.160. The maximum atomic E-state index is 12.7. The number of carbonyl (C=O) groups excluding carboxylic acids is 4. The second kappa shape index (κ2) is 8.98. The van der Waals surface area contributed by atoms with Crippen LogP contribution >= 0.6 is 0 Å². The third kappa shape index (κ3) is 4.55. The number of esters is 1. The molecular formula is C23H30N2O5. The fourth-order valence-electron chi connectivity index (χ4n) is 3.77. The summed E-state index contributed by atoms with van der Waals surface area (Å²) in [5.41, 5.74) is 0.668. The van der Waals surface area contributed by atoms with Crippen molar-refractivity contribution in [1.29, 1.82) is 0 Å². The van der Waals surface area contributed by atoms with E-state index in [0.717, 1.165) is 19.3 Å². The van der Waals surface area contributed by atoms with Crippen molar-refractivity contribution >= 4 is 23.7 Å². The molecule has 3 rings (SSSR count). The predicted molar refractivity (Wildman–Crippen MR) is 111 cm³/mol. The molecule has 1 aromatic carbocycles. The molecule has 1 aromatic rings. The zero-order valence-corrected chi connectivity index (χ0v) is 18.1. The summed E-state index contributed by atoms with van der Waals surface area (Å²) in [5, 5.41) is 0. The summed E-state index contributed by atoms with van der Waals surface area (Å²) in [6.07, 6.45) is 1.70. The van der Waals surface area contributed by atoms with E-state index in [9.17, 15) is 19.2 Å². The Bertz CT molecular complexity index is 855. The summed E-state index contributed by atoms with van der Waals surface area (Å²) in [5.74, 6) is -0.650. The summed E-state index contributed by atoms with van der Waals surface area (Å²) in [4.78, 5) is 53.3. The van der Waals surface area contributed by atoms with Gasteiger partial charge in [0.2, 0.25) is 0 Å². The summed E-state index contributed by atoms with van der Waals surface area (Å²) in [7, 11) is 0. The number of benzene rings is 1. The Balaban J connectivity index is 1.66. The van der Waals surface area contributed by atoms with Crippen LogP contribution in [0.4, 0.5) is 0 Å². The molecular weight excluding hydrogens is 384 g/mol. The van der Waals surface area contributed by atoms with E-state index in [-0.39, 0.29) is 22.9 Å². The van der Waals surface area contributed by atoms with Gasteiger partial charge in [0.05, 0.1) is 16.7 Å². The van der Waals surface area contributed by atoms with Crippen LogP contribution in [0.5, 0.6) is 0 Å². The first-order chi connectivity index (χ1) is 14.2. The molecule has 0 aliphatic carbocycles. The predicted octanol–water partition coefficient (Wildman–Crippen LogP) is 3.13. The Morgan fingerprint density at radius 3 is 2.33 bits per heavy atom. The van der Waals surface area contributed by atoms with E-state index in [1.165, 1.54) is 23.1 Å². The van der Waals surface area contributed by atoms with Crippen LogP contribution in [0.2, 0.25) is 0 Å². The molecule has 1 fully saturated rings. The Labute approximate surface area is 177 Å². The van der Waals surface area contributed by atoms with Gasteiger partial charge in [0, 0.05) is 19.6 Å². The lowest BCUT2D eigenvalue weighted by Crippen LogP contribution is -2.44. The van der Waals surface area contributed by atoms with Gasteiger partial charge in [-0.25, -0.2) is 4.79 Å². The van der Waals surface area contributed by atoms with Gasteiger partial charge in [0.15, 0.2) is 6.10 Å². The molecule has 2 aliphatic rings. The van der Waals surface area contributed by atoms with Crippen molar-refractivity contribution in [2.45, 2.75) is 53.1 Å². The van der Waals surface area contributed by atoms with Crippen LogP contribution in [-0.4, -0.2) is 59.2 Å². The van der Waals surface area contributed by atoms with Crippen LogP contribution in [0.25, 0.3) is 0 Å². The van der Waals surface area contributed by atoms with E-state index in [1.807, 2.05) is 13.8 Å². The molecule has 1 atom stereocenters. The van der Waals surface area contributed by atoms with Gasteiger partial charge in [0.25, 0.3) is 17.7 Å². The lowest BCUT2D eigenvalue weighted by molar-refractivity contribution is -0.141. The second-order valence-corrected chi connectivity index (χ2v) is 8.76. The molecule has 2 heterocycles. The highest BCUT2D eigenvalue weighted by molar-refractivity contribution is 6.22. The van der Waals surface area contributed by atoms with Crippen molar-refractivity contribution in [3.8, 4) is 0 Å². The van der Waals surface area contributed by atoms with Crippen molar-refractivity contribution in [3.63, 3.8) is 0 Å². The Morgan fingerprint density at radius 1 is 1.07 bits per heavy atom.